The molecule has 2 aromatic rings. The molecule has 0 fully saturated rings. The molecule has 1 N–H and O–H groups in total. The van der Waals surface area contributed by atoms with E-state index in [-0.39, 0.29) is 5.97 Å². The number of rotatable bonds is 3. The fraction of sp³-hybridized carbons (Fsp3) is 0.300. The Bertz CT molecular complexity index is 573. The average Bonchev–Trinajstić information content (AvgIpc) is 2.62. The van der Waals surface area contributed by atoms with Gasteiger partial charge in [0.05, 0.1) is 30.8 Å². The molecule has 0 unspecified atom stereocenters. The number of nitrogens with one attached hydrogen (secondary N) is 1. The van der Waals surface area contributed by atoms with Crippen LogP contribution in [0.25, 0.3) is 11.0 Å². The molecular weight excluding hydrogens is 226 g/mol. The molecule has 2 aromatic heterocycles. The van der Waals surface area contributed by atoms with Gasteiger partial charge < -0.3 is 14.3 Å². The van der Waals surface area contributed by atoms with E-state index in [0.717, 1.165) is 11.0 Å². The summed E-state index contributed by atoms with van der Waals surface area (Å²) < 4.78 is 7.05. The molecule has 0 aliphatic rings. The minimum absolute atomic E-state index is 0.245. The van der Waals surface area contributed by atoms with Crippen molar-refractivity contribution >= 4 is 29.2 Å². The van der Waals surface area contributed by atoms with Crippen molar-refractivity contribution in [2.45, 2.75) is 13.0 Å². The molecule has 0 aliphatic heterocycles. The molecule has 0 bridgehead atoms. The summed E-state index contributed by atoms with van der Waals surface area (Å²) in [5.41, 5.74) is 1.82. The van der Waals surface area contributed by atoms with Crippen molar-refractivity contribution in [2.75, 3.05) is 7.11 Å². The Balaban J connectivity index is 2.33. The number of imidazole rings is 1. The number of carbonyl (C=O) groups is 1. The Morgan fingerprint density at radius 3 is 3.25 bits per heavy atom. The number of aromatic nitrogens is 3. The first kappa shape index (κ1) is 10.8. The Morgan fingerprint density at radius 2 is 2.50 bits per heavy atom. The van der Waals surface area contributed by atoms with E-state index in [1.807, 2.05) is 10.6 Å². The van der Waals surface area contributed by atoms with Gasteiger partial charge in [-0.05, 0) is 18.3 Å². The number of aromatic amines is 1. The Morgan fingerprint density at radius 1 is 1.69 bits per heavy atom. The van der Waals surface area contributed by atoms with Gasteiger partial charge in [-0.15, -0.1) is 0 Å². The number of hydrogen-bond donors (Lipinski definition) is 1. The van der Waals surface area contributed by atoms with Gasteiger partial charge in [0.15, 0.2) is 4.77 Å². The molecule has 2 rings (SSSR count). The number of hydrogen-bond acceptors (Lipinski definition) is 4. The molecule has 0 aromatic carbocycles. The molecule has 16 heavy (non-hydrogen) atoms. The standard InChI is InChI=1S/C10H11N3O2S/c1-15-9(14)3-5-13-8-2-4-11-6-7(8)12-10(13)16/h2,4,6H,3,5H2,1H3,(H,12,16). The van der Waals surface area contributed by atoms with E-state index < -0.39 is 0 Å². The monoisotopic (exact) mass is 237 g/mol. The quantitative estimate of drug-likeness (QED) is 0.651. The van der Waals surface area contributed by atoms with Crippen LogP contribution in [-0.2, 0) is 16.1 Å². The van der Waals surface area contributed by atoms with E-state index in [0.29, 0.717) is 17.7 Å². The van der Waals surface area contributed by atoms with E-state index in [9.17, 15) is 4.79 Å². The summed E-state index contributed by atoms with van der Waals surface area (Å²) in [4.78, 5) is 18.1. The molecule has 0 saturated carbocycles. The normalized spacial score (nSPS) is 10.6. The second kappa shape index (κ2) is 4.44. The van der Waals surface area contributed by atoms with E-state index in [4.69, 9.17) is 12.2 Å². The van der Waals surface area contributed by atoms with Crippen molar-refractivity contribution in [3.8, 4) is 0 Å². The minimum Gasteiger partial charge on any atom is -0.469 e. The number of aryl methyl sites for hydroxylation is 1. The van der Waals surface area contributed by atoms with Gasteiger partial charge in [0.2, 0.25) is 0 Å². The van der Waals surface area contributed by atoms with Gasteiger partial charge in [-0.1, -0.05) is 0 Å². The predicted molar refractivity (Wildman–Crippen MR) is 61.6 cm³/mol. The molecule has 6 heteroatoms. The first-order chi connectivity index (χ1) is 7.72. The van der Waals surface area contributed by atoms with Crippen LogP contribution in [0.5, 0.6) is 0 Å². The second-order valence-electron chi connectivity index (χ2n) is 3.30. The molecule has 0 spiro atoms. The van der Waals surface area contributed by atoms with Crippen LogP contribution < -0.4 is 0 Å². The number of carbonyl (C=O) groups excluding carboxylic acids is 1. The van der Waals surface area contributed by atoms with Crippen molar-refractivity contribution in [3.63, 3.8) is 0 Å². The van der Waals surface area contributed by atoms with Crippen LogP contribution in [-0.4, -0.2) is 27.6 Å². The summed E-state index contributed by atoms with van der Waals surface area (Å²) in [6, 6.07) is 1.86. The maximum atomic E-state index is 11.1. The number of nitrogens with zero attached hydrogens (tertiary/aromatic N) is 2. The largest absolute Gasteiger partial charge is 0.469 e. The molecule has 0 atom stereocenters. The summed E-state index contributed by atoms with van der Waals surface area (Å²) in [7, 11) is 1.38. The molecule has 0 aliphatic carbocycles. The topological polar surface area (TPSA) is 59.9 Å². The molecule has 0 amide bonds. The van der Waals surface area contributed by atoms with Crippen LogP contribution in [0, 0.1) is 4.77 Å². The first-order valence-electron chi connectivity index (χ1n) is 4.81. The number of methoxy groups -OCH3 is 1. The van der Waals surface area contributed by atoms with Crippen LogP contribution in [0.1, 0.15) is 6.42 Å². The summed E-state index contributed by atoms with van der Waals surface area (Å²) in [5.74, 6) is -0.245. The summed E-state index contributed by atoms with van der Waals surface area (Å²) in [6.07, 6.45) is 3.71. The zero-order valence-corrected chi connectivity index (χ0v) is 9.58. The van der Waals surface area contributed by atoms with Crippen molar-refractivity contribution in [1.82, 2.24) is 14.5 Å². The van der Waals surface area contributed by atoms with E-state index in [1.54, 1.807) is 12.4 Å². The molecule has 0 radical (unpaired) electrons. The zero-order chi connectivity index (χ0) is 11.5. The number of ether oxygens (including phenoxy) is 1. The molecular formula is C10H11N3O2S. The van der Waals surface area contributed by atoms with Gasteiger partial charge in [0.25, 0.3) is 0 Å². The van der Waals surface area contributed by atoms with Crippen LogP contribution in [0.2, 0.25) is 0 Å². The molecule has 84 valence electrons. The lowest BCUT2D eigenvalue weighted by molar-refractivity contribution is -0.140. The maximum absolute atomic E-state index is 11.1. The summed E-state index contributed by atoms with van der Waals surface area (Å²) in [6.45, 7) is 0.509. The summed E-state index contributed by atoms with van der Waals surface area (Å²) in [5, 5.41) is 0. The van der Waals surface area contributed by atoms with Crippen LogP contribution >= 0.6 is 12.2 Å². The lowest BCUT2D eigenvalue weighted by atomic mass is 10.4. The van der Waals surface area contributed by atoms with Gasteiger partial charge in [-0.25, -0.2) is 0 Å². The van der Waals surface area contributed by atoms with Crippen LogP contribution in [0.15, 0.2) is 18.5 Å². The molecule has 2 heterocycles. The van der Waals surface area contributed by atoms with E-state index >= 15 is 0 Å². The third-order valence-electron chi connectivity index (χ3n) is 2.34. The van der Waals surface area contributed by atoms with Gasteiger partial charge in [-0.2, -0.15) is 0 Å². The summed E-state index contributed by atoms with van der Waals surface area (Å²) >= 11 is 5.17. The third kappa shape index (κ3) is 1.96. The molecule has 5 nitrogen and oxygen atoms in total. The van der Waals surface area contributed by atoms with Crippen molar-refractivity contribution in [2.24, 2.45) is 0 Å². The van der Waals surface area contributed by atoms with Crippen molar-refractivity contribution < 1.29 is 9.53 Å². The second-order valence-corrected chi connectivity index (χ2v) is 3.69. The number of fused-ring (bicyclic) bond motifs is 1. The SMILES string of the molecule is COC(=O)CCn1c(=S)[nH]c2cnccc21. The fourth-order valence-electron chi connectivity index (χ4n) is 1.54. The minimum atomic E-state index is -0.245. The smallest absolute Gasteiger partial charge is 0.307 e. The highest BCUT2D eigenvalue weighted by molar-refractivity contribution is 7.71. The lowest BCUT2D eigenvalue weighted by Gasteiger charge is -2.02. The number of esters is 1. The zero-order valence-electron chi connectivity index (χ0n) is 8.77. The predicted octanol–water partition coefficient (Wildman–Crippen LogP) is 1.66. The Labute approximate surface area is 97.1 Å². The van der Waals surface area contributed by atoms with Gasteiger partial charge in [0.1, 0.15) is 0 Å². The average molecular weight is 237 g/mol. The van der Waals surface area contributed by atoms with Gasteiger partial charge in [-0.3, -0.25) is 9.78 Å². The lowest BCUT2D eigenvalue weighted by Crippen LogP contribution is -2.06. The third-order valence-corrected chi connectivity index (χ3v) is 2.67. The van der Waals surface area contributed by atoms with Gasteiger partial charge in [0, 0.05) is 12.7 Å². The van der Waals surface area contributed by atoms with Crippen molar-refractivity contribution in [1.29, 1.82) is 0 Å². The van der Waals surface area contributed by atoms with Crippen LogP contribution in [0.3, 0.4) is 0 Å². The Hall–Kier alpha value is -1.69. The Kier molecular flexibility index (Phi) is 3.00. The maximum Gasteiger partial charge on any atom is 0.307 e. The van der Waals surface area contributed by atoms with Crippen LogP contribution in [0.4, 0.5) is 0 Å². The molecule has 0 saturated heterocycles. The highest BCUT2D eigenvalue weighted by Crippen LogP contribution is 2.12. The first-order valence-corrected chi connectivity index (χ1v) is 5.22. The van der Waals surface area contributed by atoms with E-state index in [2.05, 4.69) is 14.7 Å². The number of pyridine rings is 1. The fourth-order valence-corrected chi connectivity index (χ4v) is 1.84. The number of H-pyrrole nitrogens is 1. The highest BCUT2D eigenvalue weighted by atomic mass is 32.1. The highest BCUT2D eigenvalue weighted by Gasteiger charge is 2.06. The van der Waals surface area contributed by atoms with Crippen molar-refractivity contribution in [3.05, 3.63) is 23.2 Å². The van der Waals surface area contributed by atoms with E-state index in [1.165, 1.54) is 7.11 Å². The van der Waals surface area contributed by atoms with Gasteiger partial charge >= 0.3 is 5.97 Å².